The third kappa shape index (κ3) is 3.39. The summed E-state index contributed by atoms with van der Waals surface area (Å²) in [6.45, 7) is 4.04. The Balaban J connectivity index is 2.24. The van der Waals surface area contributed by atoms with Crippen LogP contribution in [0.3, 0.4) is 0 Å². The number of nitrogen functional groups attached to an aromatic ring is 1. The SMILES string of the molecule is COc1ccc(NC(=O)c2cc(Br)cn2C(C)C)cc1N. The van der Waals surface area contributed by atoms with E-state index in [2.05, 4.69) is 21.2 Å². The third-order valence-corrected chi connectivity index (χ3v) is 3.53. The number of ether oxygens (including phenoxy) is 1. The molecule has 0 aliphatic carbocycles. The first-order chi connectivity index (χ1) is 9.92. The quantitative estimate of drug-likeness (QED) is 0.825. The van der Waals surface area contributed by atoms with E-state index in [4.69, 9.17) is 10.5 Å². The third-order valence-electron chi connectivity index (χ3n) is 3.09. The molecule has 2 rings (SSSR count). The van der Waals surface area contributed by atoms with Crippen molar-refractivity contribution in [3.05, 3.63) is 40.6 Å². The lowest BCUT2D eigenvalue weighted by molar-refractivity contribution is 0.101. The van der Waals surface area contributed by atoms with Gasteiger partial charge >= 0.3 is 0 Å². The van der Waals surface area contributed by atoms with E-state index in [1.165, 1.54) is 0 Å². The average Bonchev–Trinajstić information content (AvgIpc) is 2.81. The molecular weight excluding hydrogens is 334 g/mol. The number of halogens is 1. The number of benzene rings is 1. The maximum absolute atomic E-state index is 12.4. The molecule has 1 aromatic carbocycles. The molecular formula is C15H18BrN3O2. The van der Waals surface area contributed by atoms with E-state index in [9.17, 15) is 4.79 Å². The Kier molecular flexibility index (Phi) is 4.57. The van der Waals surface area contributed by atoms with E-state index in [0.717, 1.165) is 4.47 Å². The maximum Gasteiger partial charge on any atom is 0.272 e. The molecule has 0 unspecified atom stereocenters. The van der Waals surface area contributed by atoms with E-state index >= 15 is 0 Å². The van der Waals surface area contributed by atoms with Gasteiger partial charge in [0.25, 0.3) is 5.91 Å². The molecule has 0 aliphatic heterocycles. The van der Waals surface area contributed by atoms with Crippen molar-refractivity contribution < 1.29 is 9.53 Å². The van der Waals surface area contributed by atoms with Crippen LogP contribution in [0, 0.1) is 0 Å². The zero-order chi connectivity index (χ0) is 15.6. The Hall–Kier alpha value is -1.95. The molecule has 1 amide bonds. The molecule has 0 aliphatic rings. The number of hydrogen-bond donors (Lipinski definition) is 2. The number of carbonyl (C=O) groups is 1. The fourth-order valence-corrected chi connectivity index (χ4v) is 2.50. The molecule has 0 spiro atoms. The van der Waals surface area contributed by atoms with Crippen molar-refractivity contribution >= 4 is 33.2 Å². The van der Waals surface area contributed by atoms with Gasteiger partial charge in [-0.05, 0) is 54.0 Å². The highest BCUT2D eigenvalue weighted by Crippen LogP contribution is 2.25. The second-order valence-corrected chi connectivity index (χ2v) is 5.87. The van der Waals surface area contributed by atoms with E-state index in [-0.39, 0.29) is 11.9 Å². The van der Waals surface area contributed by atoms with Gasteiger partial charge in [0.05, 0.1) is 12.8 Å². The van der Waals surface area contributed by atoms with Gasteiger partial charge in [-0.15, -0.1) is 0 Å². The summed E-state index contributed by atoms with van der Waals surface area (Å²) >= 11 is 3.40. The molecule has 2 aromatic rings. The Bertz CT molecular complexity index is 665. The number of carbonyl (C=O) groups excluding carboxylic acids is 1. The lowest BCUT2D eigenvalue weighted by atomic mass is 10.2. The van der Waals surface area contributed by atoms with Crippen LogP contribution < -0.4 is 15.8 Å². The minimum absolute atomic E-state index is 0.182. The highest BCUT2D eigenvalue weighted by atomic mass is 79.9. The molecule has 6 heteroatoms. The fourth-order valence-electron chi connectivity index (χ4n) is 2.06. The largest absolute Gasteiger partial charge is 0.495 e. The number of nitrogens with one attached hydrogen (secondary N) is 1. The van der Waals surface area contributed by atoms with Crippen molar-refractivity contribution in [2.75, 3.05) is 18.2 Å². The first kappa shape index (κ1) is 15.4. The second-order valence-electron chi connectivity index (χ2n) is 4.96. The van der Waals surface area contributed by atoms with Gasteiger partial charge in [-0.2, -0.15) is 0 Å². The molecule has 3 N–H and O–H groups in total. The van der Waals surface area contributed by atoms with Crippen molar-refractivity contribution in [3.63, 3.8) is 0 Å². The van der Waals surface area contributed by atoms with Gasteiger partial charge in [0.15, 0.2) is 0 Å². The standard InChI is InChI=1S/C15H18BrN3O2/c1-9(2)19-8-10(16)6-13(19)15(20)18-11-4-5-14(21-3)12(17)7-11/h4-9H,17H2,1-3H3,(H,18,20). The van der Waals surface area contributed by atoms with Gasteiger partial charge in [-0.3, -0.25) is 4.79 Å². The number of hydrogen-bond acceptors (Lipinski definition) is 3. The Morgan fingerprint density at radius 1 is 1.38 bits per heavy atom. The van der Waals surface area contributed by atoms with E-state index in [0.29, 0.717) is 22.8 Å². The summed E-state index contributed by atoms with van der Waals surface area (Å²) in [6, 6.07) is 7.14. The Labute approximate surface area is 132 Å². The van der Waals surface area contributed by atoms with Gasteiger partial charge in [-0.1, -0.05) is 0 Å². The summed E-state index contributed by atoms with van der Waals surface area (Å²) in [5.74, 6) is 0.403. The summed E-state index contributed by atoms with van der Waals surface area (Å²) in [4.78, 5) is 12.4. The minimum atomic E-state index is -0.182. The zero-order valence-electron chi connectivity index (χ0n) is 12.2. The van der Waals surface area contributed by atoms with Crippen LogP contribution in [0.1, 0.15) is 30.4 Å². The highest BCUT2D eigenvalue weighted by molar-refractivity contribution is 9.10. The summed E-state index contributed by atoms with van der Waals surface area (Å²) in [6.07, 6.45) is 1.89. The number of aromatic nitrogens is 1. The van der Waals surface area contributed by atoms with Gasteiger partial charge in [0.1, 0.15) is 11.4 Å². The molecule has 0 saturated heterocycles. The summed E-state index contributed by atoms with van der Waals surface area (Å²) in [5.41, 5.74) is 7.54. The predicted octanol–water partition coefficient (Wildman–Crippen LogP) is 3.67. The van der Waals surface area contributed by atoms with Gasteiger partial charge in [0, 0.05) is 22.4 Å². The van der Waals surface area contributed by atoms with Crippen molar-refractivity contribution in [1.29, 1.82) is 0 Å². The van der Waals surface area contributed by atoms with Gasteiger partial charge in [-0.25, -0.2) is 0 Å². The van der Waals surface area contributed by atoms with E-state index in [1.807, 2.05) is 24.6 Å². The maximum atomic E-state index is 12.4. The molecule has 0 fully saturated rings. The van der Waals surface area contributed by atoms with E-state index in [1.54, 1.807) is 31.4 Å². The van der Waals surface area contributed by atoms with Crippen LogP contribution in [0.25, 0.3) is 0 Å². The first-order valence-electron chi connectivity index (χ1n) is 6.54. The topological polar surface area (TPSA) is 69.3 Å². The van der Waals surface area contributed by atoms with Crippen molar-refractivity contribution in [2.24, 2.45) is 0 Å². The van der Waals surface area contributed by atoms with Crippen LogP contribution in [0.2, 0.25) is 0 Å². The lowest BCUT2D eigenvalue weighted by Crippen LogP contribution is -2.17. The summed E-state index contributed by atoms with van der Waals surface area (Å²) in [7, 11) is 1.55. The Morgan fingerprint density at radius 2 is 2.10 bits per heavy atom. The minimum Gasteiger partial charge on any atom is -0.495 e. The Morgan fingerprint density at radius 3 is 2.67 bits per heavy atom. The number of methoxy groups -OCH3 is 1. The molecule has 21 heavy (non-hydrogen) atoms. The van der Waals surface area contributed by atoms with Crippen LogP contribution in [0.5, 0.6) is 5.75 Å². The molecule has 0 radical (unpaired) electrons. The highest BCUT2D eigenvalue weighted by Gasteiger charge is 2.15. The van der Waals surface area contributed by atoms with Crippen LogP contribution in [-0.4, -0.2) is 17.6 Å². The number of anilines is 2. The van der Waals surface area contributed by atoms with Gasteiger partial charge in [0.2, 0.25) is 0 Å². The zero-order valence-corrected chi connectivity index (χ0v) is 13.8. The molecule has 0 bridgehead atoms. The van der Waals surface area contributed by atoms with Crippen LogP contribution >= 0.6 is 15.9 Å². The van der Waals surface area contributed by atoms with Crippen molar-refractivity contribution in [2.45, 2.75) is 19.9 Å². The van der Waals surface area contributed by atoms with Gasteiger partial charge < -0.3 is 20.4 Å². The predicted molar refractivity (Wildman–Crippen MR) is 87.9 cm³/mol. The monoisotopic (exact) mass is 351 g/mol. The van der Waals surface area contributed by atoms with Crippen LogP contribution in [-0.2, 0) is 0 Å². The first-order valence-corrected chi connectivity index (χ1v) is 7.34. The molecule has 0 saturated carbocycles. The smallest absolute Gasteiger partial charge is 0.272 e. The number of rotatable bonds is 4. The van der Waals surface area contributed by atoms with Crippen molar-refractivity contribution in [1.82, 2.24) is 4.57 Å². The number of nitrogens with two attached hydrogens (primary N) is 1. The molecule has 1 aromatic heterocycles. The summed E-state index contributed by atoms with van der Waals surface area (Å²) in [5, 5.41) is 2.84. The van der Waals surface area contributed by atoms with Crippen LogP contribution in [0.4, 0.5) is 11.4 Å². The summed E-state index contributed by atoms with van der Waals surface area (Å²) < 4.78 is 7.88. The molecule has 0 atom stereocenters. The number of amides is 1. The second kappa shape index (κ2) is 6.22. The number of nitrogens with zero attached hydrogens (tertiary/aromatic N) is 1. The molecule has 1 heterocycles. The van der Waals surface area contributed by atoms with Crippen LogP contribution in [0.15, 0.2) is 34.9 Å². The average molecular weight is 352 g/mol. The molecule has 5 nitrogen and oxygen atoms in total. The fraction of sp³-hybridized carbons (Fsp3) is 0.267. The van der Waals surface area contributed by atoms with E-state index < -0.39 is 0 Å². The van der Waals surface area contributed by atoms with Crippen molar-refractivity contribution in [3.8, 4) is 5.75 Å². The normalized spacial score (nSPS) is 10.7. The lowest BCUT2D eigenvalue weighted by Gasteiger charge is -2.13. The molecule has 112 valence electrons.